The van der Waals surface area contributed by atoms with Crippen LogP contribution in [0.1, 0.15) is 48.9 Å². The molecule has 1 aliphatic heterocycles. The third kappa shape index (κ3) is 4.30. The Labute approximate surface area is 219 Å². The van der Waals surface area contributed by atoms with Crippen molar-refractivity contribution in [1.82, 2.24) is 0 Å². The lowest BCUT2D eigenvalue weighted by Gasteiger charge is -2.42. The number of rotatable bonds is 8. The Bertz CT molecular complexity index is 1090. The van der Waals surface area contributed by atoms with Crippen LogP contribution in [0.4, 0.5) is 0 Å². The van der Waals surface area contributed by atoms with Gasteiger partial charge in [0.2, 0.25) is 0 Å². The highest BCUT2D eigenvalue weighted by Gasteiger charge is 2.62. The molecule has 0 aliphatic carbocycles. The Hall–Kier alpha value is -3.28. The molecule has 1 fully saturated rings. The molecule has 0 amide bonds. The lowest BCUT2D eigenvalue weighted by molar-refractivity contribution is -0.200. The van der Waals surface area contributed by atoms with Crippen molar-refractivity contribution in [3.05, 3.63) is 144 Å². The van der Waals surface area contributed by atoms with Crippen LogP contribution in [0.3, 0.4) is 0 Å². The van der Waals surface area contributed by atoms with Gasteiger partial charge >= 0.3 is 0 Å². The van der Waals surface area contributed by atoms with Crippen molar-refractivity contribution in [2.24, 2.45) is 0 Å². The summed E-state index contributed by atoms with van der Waals surface area (Å²) in [5.74, 6) is -0.968. The van der Waals surface area contributed by atoms with E-state index < -0.39 is 29.2 Å². The Balaban J connectivity index is 1.78. The fourth-order valence-electron chi connectivity index (χ4n) is 5.57. The molecule has 0 saturated carbocycles. The summed E-state index contributed by atoms with van der Waals surface area (Å²) in [5.41, 5.74) is -0.511. The third-order valence-corrected chi connectivity index (χ3v) is 7.71. The van der Waals surface area contributed by atoms with Crippen molar-refractivity contribution in [3.63, 3.8) is 0 Å². The summed E-state index contributed by atoms with van der Waals surface area (Å²) in [7, 11) is 0. The van der Waals surface area contributed by atoms with Crippen LogP contribution >= 0.6 is 0 Å². The first-order valence-electron chi connectivity index (χ1n) is 13.0. The maximum atomic E-state index is 12.8. The minimum atomic E-state index is -1.60. The molecule has 2 N–H and O–H groups in total. The van der Waals surface area contributed by atoms with Crippen LogP contribution in [0.2, 0.25) is 0 Å². The van der Waals surface area contributed by atoms with Gasteiger partial charge in [0.15, 0.2) is 5.79 Å². The molecule has 37 heavy (non-hydrogen) atoms. The number of benzene rings is 4. The van der Waals surface area contributed by atoms with Gasteiger partial charge in [0, 0.05) is 0 Å². The smallest absolute Gasteiger partial charge is 0.169 e. The standard InChI is InChI=1S/C33H34O4/c1-3-31(4-2)36-29(32(34,25-17-9-5-10-18-25)26-19-11-6-12-20-26)30(37-31)33(35,27-21-13-7-14-22-27)28-23-15-8-16-24-28/h5-24,29-30,34-35H,3-4H2,1-2H3/t29-,30-/m1/s1. The zero-order valence-corrected chi connectivity index (χ0v) is 21.3. The first-order chi connectivity index (χ1) is 18.0. The van der Waals surface area contributed by atoms with Crippen molar-refractivity contribution in [2.75, 3.05) is 0 Å². The van der Waals surface area contributed by atoms with E-state index in [0.29, 0.717) is 35.1 Å². The Morgan fingerprint density at radius 2 is 0.757 bits per heavy atom. The van der Waals surface area contributed by atoms with Crippen molar-refractivity contribution in [2.45, 2.75) is 55.9 Å². The predicted molar refractivity (Wildman–Crippen MR) is 145 cm³/mol. The highest BCUT2D eigenvalue weighted by Crippen LogP contribution is 2.51. The topological polar surface area (TPSA) is 58.9 Å². The van der Waals surface area contributed by atoms with Crippen molar-refractivity contribution in [1.29, 1.82) is 0 Å². The van der Waals surface area contributed by atoms with E-state index in [-0.39, 0.29) is 0 Å². The Morgan fingerprint density at radius 1 is 0.514 bits per heavy atom. The van der Waals surface area contributed by atoms with Gasteiger partial charge in [-0.1, -0.05) is 135 Å². The van der Waals surface area contributed by atoms with E-state index in [9.17, 15) is 10.2 Å². The Kier molecular flexibility index (Phi) is 7.02. The summed E-state index contributed by atoms with van der Waals surface area (Å²) in [5, 5.41) is 25.6. The first kappa shape index (κ1) is 25.4. The molecule has 4 heteroatoms. The van der Waals surface area contributed by atoms with Crippen molar-refractivity contribution < 1.29 is 19.7 Å². The van der Waals surface area contributed by atoms with Crippen LogP contribution < -0.4 is 0 Å². The van der Waals surface area contributed by atoms with Gasteiger partial charge in [-0.25, -0.2) is 0 Å². The lowest BCUT2D eigenvalue weighted by Crippen LogP contribution is -2.54. The van der Waals surface area contributed by atoms with E-state index in [1.165, 1.54) is 0 Å². The van der Waals surface area contributed by atoms with Crippen molar-refractivity contribution in [3.8, 4) is 0 Å². The van der Waals surface area contributed by atoms with Gasteiger partial charge in [-0.15, -0.1) is 0 Å². The van der Waals surface area contributed by atoms with Crippen LogP contribution in [-0.4, -0.2) is 28.2 Å². The molecule has 0 spiro atoms. The van der Waals surface area contributed by atoms with Gasteiger partial charge in [0.1, 0.15) is 23.4 Å². The minimum Gasteiger partial charge on any atom is -0.378 e. The summed E-state index contributed by atoms with van der Waals surface area (Å²) < 4.78 is 13.6. The highest BCUT2D eigenvalue weighted by molar-refractivity contribution is 5.43. The fraction of sp³-hybridized carbons (Fsp3) is 0.273. The predicted octanol–water partition coefficient (Wildman–Crippen LogP) is 6.16. The van der Waals surface area contributed by atoms with Crippen LogP contribution in [0, 0.1) is 0 Å². The summed E-state index contributed by atoms with van der Waals surface area (Å²) >= 11 is 0. The molecule has 0 unspecified atom stereocenters. The average molecular weight is 495 g/mol. The van der Waals surface area contributed by atoms with Gasteiger partial charge in [0.25, 0.3) is 0 Å². The lowest BCUT2D eigenvalue weighted by atomic mass is 9.72. The zero-order chi connectivity index (χ0) is 25.9. The first-order valence-corrected chi connectivity index (χ1v) is 13.0. The minimum absolute atomic E-state index is 0.565. The summed E-state index contributed by atoms with van der Waals surface area (Å²) in [6.07, 6.45) is -0.726. The molecule has 1 heterocycles. The summed E-state index contributed by atoms with van der Waals surface area (Å²) in [6.45, 7) is 4.02. The van der Waals surface area contributed by atoms with Gasteiger partial charge in [0.05, 0.1) is 0 Å². The largest absolute Gasteiger partial charge is 0.378 e. The van der Waals surface area contributed by atoms with Crippen molar-refractivity contribution >= 4 is 0 Å². The van der Waals surface area contributed by atoms with Gasteiger partial charge < -0.3 is 19.7 Å². The van der Waals surface area contributed by atoms with E-state index in [2.05, 4.69) is 0 Å². The highest BCUT2D eigenvalue weighted by atomic mass is 16.8. The molecule has 4 nitrogen and oxygen atoms in total. The zero-order valence-electron chi connectivity index (χ0n) is 21.3. The second-order valence-corrected chi connectivity index (χ2v) is 9.69. The number of ether oxygens (including phenoxy) is 2. The van der Waals surface area contributed by atoms with E-state index in [0.717, 1.165) is 0 Å². The molecular weight excluding hydrogens is 460 g/mol. The quantitative estimate of drug-likeness (QED) is 0.308. The van der Waals surface area contributed by atoms with Crippen LogP contribution in [0.5, 0.6) is 0 Å². The molecule has 0 bridgehead atoms. The van der Waals surface area contributed by atoms with Crippen LogP contribution in [-0.2, 0) is 20.7 Å². The maximum Gasteiger partial charge on any atom is 0.169 e. The molecule has 5 rings (SSSR count). The Morgan fingerprint density at radius 3 is 0.973 bits per heavy atom. The monoisotopic (exact) mass is 494 g/mol. The molecule has 2 atom stereocenters. The molecule has 1 saturated heterocycles. The maximum absolute atomic E-state index is 12.8. The van der Waals surface area contributed by atoms with E-state index in [4.69, 9.17) is 9.47 Å². The number of hydrogen-bond donors (Lipinski definition) is 2. The van der Waals surface area contributed by atoms with E-state index in [1.807, 2.05) is 135 Å². The second kappa shape index (κ2) is 10.2. The van der Waals surface area contributed by atoms with Crippen LogP contribution in [0.25, 0.3) is 0 Å². The van der Waals surface area contributed by atoms with Crippen LogP contribution in [0.15, 0.2) is 121 Å². The molecule has 4 aromatic carbocycles. The molecule has 1 aliphatic rings. The summed E-state index contributed by atoms with van der Waals surface area (Å²) in [4.78, 5) is 0. The fourth-order valence-corrected chi connectivity index (χ4v) is 5.57. The second-order valence-electron chi connectivity index (χ2n) is 9.69. The summed E-state index contributed by atoms with van der Waals surface area (Å²) in [6, 6.07) is 38.1. The molecule has 4 aromatic rings. The number of aliphatic hydroxyl groups is 2. The van der Waals surface area contributed by atoms with Gasteiger partial charge in [-0.2, -0.15) is 0 Å². The molecule has 190 valence electrons. The average Bonchev–Trinajstić information content (AvgIpc) is 3.40. The van der Waals surface area contributed by atoms with Gasteiger partial charge in [-0.3, -0.25) is 0 Å². The molecular formula is C33H34O4. The van der Waals surface area contributed by atoms with E-state index in [1.54, 1.807) is 0 Å². The molecule has 0 aromatic heterocycles. The number of hydrogen-bond acceptors (Lipinski definition) is 4. The SMILES string of the molecule is CCC1(CC)O[C@@H](C(O)(c2ccccc2)c2ccccc2)[C@H](C(O)(c2ccccc2)c2ccccc2)O1. The molecule has 0 radical (unpaired) electrons. The van der Waals surface area contributed by atoms with Gasteiger partial charge in [-0.05, 0) is 35.1 Å². The van der Waals surface area contributed by atoms with E-state index >= 15 is 0 Å². The third-order valence-electron chi connectivity index (χ3n) is 7.71. The normalized spacial score (nSPS) is 19.6.